The lowest BCUT2D eigenvalue weighted by Crippen LogP contribution is -1.90. The fourth-order valence-corrected chi connectivity index (χ4v) is 1.51. The molecular formula is C14H10N2. The van der Waals surface area contributed by atoms with Crippen molar-refractivity contribution in [1.29, 1.82) is 5.26 Å². The van der Waals surface area contributed by atoms with E-state index < -0.39 is 0 Å². The molecule has 1 heterocycles. The predicted molar refractivity (Wildman–Crippen MR) is 63.4 cm³/mol. The Morgan fingerprint density at radius 2 is 1.81 bits per heavy atom. The van der Waals surface area contributed by atoms with Crippen molar-refractivity contribution in [3.05, 3.63) is 72.1 Å². The molecule has 0 atom stereocenters. The van der Waals surface area contributed by atoms with Crippen molar-refractivity contribution in [1.82, 2.24) is 4.98 Å². The molecule has 0 unspecified atom stereocenters. The topological polar surface area (TPSA) is 36.7 Å². The number of pyridine rings is 1. The Bertz CT molecular complexity index is 480. The molecule has 2 nitrogen and oxygen atoms in total. The van der Waals surface area contributed by atoms with Gasteiger partial charge in [-0.1, -0.05) is 36.4 Å². The first-order valence-electron chi connectivity index (χ1n) is 4.98. The maximum Gasteiger partial charge on any atom is 0.0919 e. The Labute approximate surface area is 94.5 Å². The van der Waals surface area contributed by atoms with Crippen molar-refractivity contribution in [3.63, 3.8) is 0 Å². The van der Waals surface area contributed by atoms with Crippen LogP contribution in [0.5, 0.6) is 0 Å². The molecule has 0 radical (unpaired) electrons. The molecule has 0 aliphatic rings. The highest BCUT2D eigenvalue weighted by molar-refractivity contribution is 5.79. The SMILES string of the molecule is N#C/C=C(/c1ccccc1)c1ccccn1. The molecular weight excluding hydrogens is 196 g/mol. The average molecular weight is 206 g/mol. The highest BCUT2D eigenvalue weighted by Crippen LogP contribution is 2.20. The van der Waals surface area contributed by atoms with Crippen molar-refractivity contribution in [2.75, 3.05) is 0 Å². The molecule has 2 rings (SSSR count). The molecule has 1 aromatic carbocycles. The van der Waals surface area contributed by atoms with Crippen LogP contribution in [0.2, 0.25) is 0 Å². The molecule has 0 aliphatic heterocycles. The summed E-state index contributed by atoms with van der Waals surface area (Å²) in [4.78, 5) is 4.25. The zero-order valence-corrected chi connectivity index (χ0v) is 8.67. The van der Waals surface area contributed by atoms with E-state index >= 15 is 0 Å². The monoisotopic (exact) mass is 206 g/mol. The number of hydrogen-bond acceptors (Lipinski definition) is 2. The maximum absolute atomic E-state index is 8.81. The van der Waals surface area contributed by atoms with Crippen LogP contribution in [-0.4, -0.2) is 4.98 Å². The number of allylic oxidation sites excluding steroid dienone is 1. The number of aromatic nitrogens is 1. The van der Waals surface area contributed by atoms with Crippen LogP contribution >= 0.6 is 0 Å². The molecule has 0 saturated carbocycles. The normalized spacial score (nSPS) is 10.8. The van der Waals surface area contributed by atoms with Gasteiger partial charge in [-0.05, 0) is 17.7 Å². The Morgan fingerprint density at radius 1 is 1.06 bits per heavy atom. The smallest absolute Gasteiger partial charge is 0.0919 e. The first-order chi connectivity index (χ1) is 7.92. The molecule has 0 fully saturated rings. The summed E-state index contributed by atoms with van der Waals surface area (Å²) in [5, 5.41) is 8.81. The van der Waals surface area contributed by atoms with E-state index in [9.17, 15) is 0 Å². The quantitative estimate of drug-likeness (QED) is 0.708. The highest BCUT2D eigenvalue weighted by atomic mass is 14.7. The second kappa shape index (κ2) is 4.90. The van der Waals surface area contributed by atoms with Crippen LogP contribution in [0.1, 0.15) is 11.3 Å². The minimum Gasteiger partial charge on any atom is -0.256 e. The fraction of sp³-hybridized carbons (Fsp3) is 0. The van der Waals surface area contributed by atoms with E-state index in [1.54, 1.807) is 6.20 Å². The Morgan fingerprint density at radius 3 is 2.44 bits per heavy atom. The molecule has 0 spiro atoms. The van der Waals surface area contributed by atoms with E-state index in [1.165, 1.54) is 6.08 Å². The van der Waals surface area contributed by atoms with Gasteiger partial charge in [-0.15, -0.1) is 0 Å². The van der Waals surface area contributed by atoms with Crippen molar-refractivity contribution in [3.8, 4) is 6.07 Å². The lowest BCUT2D eigenvalue weighted by Gasteiger charge is -2.04. The molecule has 76 valence electrons. The Kier molecular flexibility index (Phi) is 3.10. The summed E-state index contributed by atoms with van der Waals surface area (Å²) in [6, 6.07) is 17.5. The van der Waals surface area contributed by atoms with Gasteiger partial charge in [-0.25, -0.2) is 0 Å². The first kappa shape index (κ1) is 10.1. The van der Waals surface area contributed by atoms with Crippen LogP contribution in [0.4, 0.5) is 0 Å². The van der Waals surface area contributed by atoms with E-state index in [1.807, 2.05) is 48.5 Å². The number of benzene rings is 1. The van der Waals surface area contributed by atoms with Crippen molar-refractivity contribution in [2.45, 2.75) is 0 Å². The van der Waals surface area contributed by atoms with E-state index in [0.717, 1.165) is 16.8 Å². The number of nitrogens with zero attached hydrogens (tertiary/aromatic N) is 2. The van der Waals surface area contributed by atoms with Gasteiger partial charge in [0.15, 0.2) is 0 Å². The molecule has 0 amide bonds. The van der Waals surface area contributed by atoms with Gasteiger partial charge in [0.2, 0.25) is 0 Å². The van der Waals surface area contributed by atoms with Crippen molar-refractivity contribution >= 4 is 5.57 Å². The summed E-state index contributed by atoms with van der Waals surface area (Å²) in [5.74, 6) is 0. The van der Waals surface area contributed by atoms with Gasteiger partial charge in [-0.3, -0.25) is 4.98 Å². The highest BCUT2D eigenvalue weighted by Gasteiger charge is 2.04. The van der Waals surface area contributed by atoms with Gasteiger partial charge in [-0.2, -0.15) is 5.26 Å². The molecule has 0 aliphatic carbocycles. The van der Waals surface area contributed by atoms with Crippen molar-refractivity contribution < 1.29 is 0 Å². The lowest BCUT2D eigenvalue weighted by atomic mass is 10.0. The largest absolute Gasteiger partial charge is 0.256 e. The van der Waals surface area contributed by atoms with Crippen LogP contribution < -0.4 is 0 Å². The Hall–Kier alpha value is -2.40. The third-order valence-corrected chi connectivity index (χ3v) is 2.23. The fourth-order valence-electron chi connectivity index (χ4n) is 1.51. The number of rotatable bonds is 2. The summed E-state index contributed by atoms with van der Waals surface area (Å²) in [5.41, 5.74) is 2.67. The third-order valence-electron chi connectivity index (χ3n) is 2.23. The molecule has 0 N–H and O–H groups in total. The number of nitriles is 1. The molecule has 0 saturated heterocycles. The van der Waals surface area contributed by atoms with E-state index in [4.69, 9.17) is 5.26 Å². The van der Waals surface area contributed by atoms with E-state index in [0.29, 0.717) is 0 Å². The zero-order valence-electron chi connectivity index (χ0n) is 8.67. The second-order valence-corrected chi connectivity index (χ2v) is 3.27. The summed E-state index contributed by atoms with van der Waals surface area (Å²) in [7, 11) is 0. The summed E-state index contributed by atoms with van der Waals surface area (Å²) in [6.07, 6.45) is 3.25. The van der Waals surface area contributed by atoms with Gasteiger partial charge < -0.3 is 0 Å². The molecule has 16 heavy (non-hydrogen) atoms. The van der Waals surface area contributed by atoms with E-state index in [-0.39, 0.29) is 0 Å². The summed E-state index contributed by atoms with van der Waals surface area (Å²) < 4.78 is 0. The lowest BCUT2D eigenvalue weighted by molar-refractivity contribution is 1.27. The van der Waals surface area contributed by atoms with E-state index in [2.05, 4.69) is 11.1 Å². The molecule has 2 aromatic rings. The number of hydrogen-bond donors (Lipinski definition) is 0. The van der Waals surface area contributed by atoms with Gasteiger partial charge in [0, 0.05) is 17.8 Å². The van der Waals surface area contributed by atoms with Gasteiger partial charge in [0.05, 0.1) is 11.8 Å². The van der Waals surface area contributed by atoms with Gasteiger partial charge >= 0.3 is 0 Å². The van der Waals surface area contributed by atoms with Crippen molar-refractivity contribution in [2.24, 2.45) is 0 Å². The van der Waals surface area contributed by atoms with Crippen LogP contribution in [0.15, 0.2) is 60.8 Å². The Balaban J connectivity index is 2.50. The molecule has 1 aromatic heterocycles. The average Bonchev–Trinajstić information content (AvgIpc) is 2.38. The minimum absolute atomic E-state index is 0.815. The first-order valence-corrected chi connectivity index (χ1v) is 4.98. The second-order valence-electron chi connectivity index (χ2n) is 3.27. The van der Waals surface area contributed by atoms with Gasteiger partial charge in [0.25, 0.3) is 0 Å². The summed E-state index contributed by atoms with van der Waals surface area (Å²) in [6.45, 7) is 0. The molecule has 0 bridgehead atoms. The minimum atomic E-state index is 0.815. The van der Waals surface area contributed by atoms with Crippen LogP contribution in [0.25, 0.3) is 5.57 Å². The third kappa shape index (κ3) is 2.15. The standard InChI is InChI=1S/C14H10N2/c15-10-9-13(12-6-2-1-3-7-12)14-8-4-5-11-16-14/h1-9,11H/b13-9-. The van der Waals surface area contributed by atoms with Crippen LogP contribution in [0, 0.1) is 11.3 Å². The van der Waals surface area contributed by atoms with Crippen LogP contribution in [0.3, 0.4) is 0 Å². The zero-order chi connectivity index (χ0) is 11.2. The predicted octanol–water partition coefficient (Wildman–Crippen LogP) is 3.04. The molecule has 2 heteroatoms. The van der Waals surface area contributed by atoms with Crippen LogP contribution in [-0.2, 0) is 0 Å². The summed E-state index contributed by atoms with van der Waals surface area (Å²) >= 11 is 0. The maximum atomic E-state index is 8.81. The van der Waals surface area contributed by atoms with Gasteiger partial charge in [0.1, 0.15) is 0 Å².